The van der Waals surface area contributed by atoms with Crippen LogP contribution in [0.15, 0.2) is 60.7 Å². The molecule has 0 aliphatic carbocycles. The molecular weight excluding hydrogens is 254 g/mol. The van der Waals surface area contributed by atoms with Gasteiger partial charge in [0.15, 0.2) is 0 Å². The molecule has 3 rings (SSSR count). The van der Waals surface area contributed by atoms with Crippen LogP contribution in [0.2, 0.25) is 0 Å². The van der Waals surface area contributed by atoms with E-state index in [2.05, 4.69) is 5.32 Å². The smallest absolute Gasteiger partial charge is 0.319 e. The third kappa shape index (κ3) is 2.09. The SMILES string of the molecule is O=C1NCN(c2ccccc2)C(=O)N1c1ccccc1. The number of carbonyl (C=O) groups is 2. The van der Waals surface area contributed by atoms with Gasteiger partial charge in [-0.1, -0.05) is 36.4 Å². The van der Waals surface area contributed by atoms with Gasteiger partial charge in [-0.05, 0) is 24.3 Å². The molecule has 1 heterocycles. The number of anilines is 2. The quantitative estimate of drug-likeness (QED) is 0.909. The van der Waals surface area contributed by atoms with Crippen molar-refractivity contribution >= 4 is 23.4 Å². The van der Waals surface area contributed by atoms with Gasteiger partial charge in [0.1, 0.15) is 6.67 Å². The average Bonchev–Trinajstić information content (AvgIpc) is 2.49. The molecule has 1 N–H and O–H groups in total. The Kier molecular flexibility index (Phi) is 3.09. The molecule has 0 saturated carbocycles. The van der Waals surface area contributed by atoms with E-state index in [9.17, 15) is 9.59 Å². The molecule has 0 aromatic heterocycles. The predicted molar refractivity (Wildman–Crippen MR) is 76.6 cm³/mol. The maximum absolute atomic E-state index is 12.5. The highest BCUT2D eigenvalue weighted by molar-refractivity contribution is 6.20. The van der Waals surface area contributed by atoms with Crippen LogP contribution in [0.4, 0.5) is 21.0 Å². The van der Waals surface area contributed by atoms with Crippen molar-refractivity contribution in [2.75, 3.05) is 16.5 Å². The molecule has 0 bridgehead atoms. The number of nitrogens with one attached hydrogen (secondary N) is 1. The van der Waals surface area contributed by atoms with Gasteiger partial charge in [-0.3, -0.25) is 4.90 Å². The number of amides is 4. The lowest BCUT2D eigenvalue weighted by Gasteiger charge is -2.34. The zero-order valence-corrected chi connectivity index (χ0v) is 10.7. The largest absolute Gasteiger partial charge is 0.338 e. The van der Waals surface area contributed by atoms with Crippen LogP contribution in [0.25, 0.3) is 0 Å². The van der Waals surface area contributed by atoms with E-state index in [1.807, 2.05) is 36.4 Å². The van der Waals surface area contributed by atoms with Crippen LogP contribution in [0.1, 0.15) is 0 Å². The number of imide groups is 1. The van der Waals surface area contributed by atoms with Gasteiger partial charge in [0.2, 0.25) is 0 Å². The van der Waals surface area contributed by atoms with Gasteiger partial charge in [0, 0.05) is 5.69 Å². The summed E-state index contributed by atoms with van der Waals surface area (Å²) >= 11 is 0. The maximum Gasteiger partial charge on any atom is 0.338 e. The normalized spacial score (nSPS) is 15.2. The second-order valence-electron chi connectivity index (χ2n) is 4.36. The lowest BCUT2D eigenvalue weighted by Crippen LogP contribution is -2.60. The molecule has 2 aromatic rings. The van der Waals surface area contributed by atoms with Crippen LogP contribution in [-0.2, 0) is 0 Å². The molecular formula is C15H13N3O2. The Labute approximate surface area is 116 Å². The van der Waals surface area contributed by atoms with E-state index < -0.39 is 6.03 Å². The molecule has 2 aromatic carbocycles. The Morgan fingerprint density at radius 2 is 1.35 bits per heavy atom. The van der Waals surface area contributed by atoms with E-state index in [1.165, 1.54) is 4.90 Å². The van der Waals surface area contributed by atoms with Crippen molar-refractivity contribution in [2.24, 2.45) is 0 Å². The van der Waals surface area contributed by atoms with Crippen molar-refractivity contribution in [2.45, 2.75) is 0 Å². The van der Waals surface area contributed by atoms with Crippen molar-refractivity contribution in [1.82, 2.24) is 5.32 Å². The van der Waals surface area contributed by atoms with Gasteiger partial charge in [-0.2, -0.15) is 0 Å². The molecule has 5 nitrogen and oxygen atoms in total. The summed E-state index contributed by atoms with van der Waals surface area (Å²) < 4.78 is 0. The van der Waals surface area contributed by atoms with Gasteiger partial charge >= 0.3 is 12.1 Å². The molecule has 4 amide bonds. The Bertz CT molecular complexity index is 628. The number of rotatable bonds is 2. The average molecular weight is 267 g/mol. The third-order valence-corrected chi connectivity index (χ3v) is 3.10. The summed E-state index contributed by atoms with van der Waals surface area (Å²) in [5.41, 5.74) is 1.30. The van der Waals surface area contributed by atoms with E-state index in [4.69, 9.17) is 0 Å². The molecule has 0 radical (unpaired) electrons. The zero-order chi connectivity index (χ0) is 13.9. The predicted octanol–water partition coefficient (Wildman–Crippen LogP) is 2.80. The Morgan fingerprint density at radius 3 is 1.95 bits per heavy atom. The van der Waals surface area contributed by atoms with E-state index in [0.717, 1.165) is 10.6 Å². The van der Waals surface area contributed by atoms with E-state index in [-0.39, 0.29) is 12.7 Å². The molecule has 1 fully saturated rings. The lowest BCUT2D eigenvalue weighted by atomic mass is 10.2. The highest BCUT2D eigenvalue weighted by Crippen LogP contribution is 2.22. The van der Waals surface area contributed by atoms with Crippen molar-refractivity contribution in [3.05, 3.63) is 60.7 Å². The first-order chi connectivity index (χ1) is 9.77. The first kappa shape index (κ1) is 12.2. The van der Waals surface area contributed by atoms with Crippen LogP contribution < -0.4 is 15.1 Å². The van der Waals surface area contributed by atoms with E-state index >= 15 is 0 Å². The van der Waals surface area contributed by atoms with Crippen LogP contribution in [0, 0.1) is 0 Å². The minimum absolute atomic E-state index is 0.172. The second-order valence-corrected chi connectivity index (χ2v) is 4.36. The zero-order valence-electron chi connectivity index (χ0n) is 10.7. The third-order valence-electron chi connectivity index (χ3n) is 3.10. The Morgan fingerprint density at radius 1 is 0.800 bits per heavy atom. The van der Waals surface area contributed by atoms with Crippen LogP contribution >= 0.6 is 0 Å². The fraction of sp³-hybridized carbons (Fsp3) is 0.0667. The summed E-state index contributed by atoms with van der Waals surface area (Å²) in [6.45, 7) is 0.172. The van der Waals surface area contributed by atoms with Crippen molar-refractivity contribution in [3.63, 3.8) is 0 Å². The standard InChI is InChI=1S/C15H13N3O2/c19-14-16-11-17(12-7-3-1-4-8-12)15(20)18(14)13-9-5-2-6-10-13/h1-10H,11H2,(H,16,19). The Hall–Kier alpha value is -2.82. The molecule has 1 aliphatic rings. The van der Waals surface area contributed by atoms with Crippen LogP contribution in [0.3, 0.4) is 0 Å². The molecule has 0 atom stereocenters. The summed E-state index contributed by atoms with van der Waals surface area (Å²) in [7, 11) is 0. The van der Waals surface area contributed by atoms with Gasteiger partial charge in [0.05, 0.1) is 5.69 Å². The second kappa shape index (κ2) is 5.05. The van der Waals surface area contributed by atoms with Gasteiger partial charge < -0.3 is 5.32 Å². The fourth-order valence-electron chi connectivity index (χ4n) is 2.12. The molecule has 0 unspecified atom stereocenters. The maximum atomic E-state index is 12.5. The molecule has 20 heavy (non-hydrogen) atoms. The highest BCUT2D eigenvalue weighted by Gasteiger charge is 2.33. The highest BCUT2D eigenvalue weighted by atomic mass is 16.2. The van der Waals surface area contributed by atoms with Gasteiger partial charge in [0.25, 0.3) is 0 Å². The van der Waals surface area contributed by atoms with E-state index in [0.29, 0.717) is 5.69 Å². The number of carbonyl (C=O) groups excluding carboxylic acids is 2. The first-order valence-electron chi connectivity index (χ1n) is 6.27. The minimum Gasteiger partial charge on any atom is -0.319 e. The summed E-state index contributed by atoms with van der Waals surface area (Å²) in [6.07, 6.45) is 0. The summed E-state index contributed by atoms with van der Waals surface area (Å²) in [5.74, 6) is 0. The molecule has 100 valence electrons. The number of hydrogen-bond acceptors (Lipinski definition) is 2. The van der Waals surface area contributed by atoms with Crippen LogP contribution in [0.5, 0.6) is 0 Å². The number of benzene rings is 2. The summed E-state index contributed by atoms with van der Waals surface area (Å²) in [5, 5.41) is 2.70. The summed E-state index contributed by atoms with van der Waals surface area (Å²) in [6, 6.07) is 17.4. The number of urea groups is 2. The number of para-hydroxylation sites is 2. The van der Waals surface area contributed by atoms with Crippen LogP contribution in [-0.4, -0.2) is 18.7 Å². The summed E-state index contributed by atoms with van der Waals surface area (Å²) in [4.78, 5) is 27.1. The van der Waals surface area contributed by atoms with Crippen molar-refractivity contribution < 1.29 is 9.59 Å². The number of nitrogens with zero attached hydrogens (tertiary/aromatic N) is 2. The molecule has 5 heteroatoms. The molecule has 1 saturated heterocycles. The van der Waals surface area contributed by atoms with Gasteiger partial charge in [-0.25, -0.2) is 14.5 Å². The molecule has 1 aliphatic heterocycles. The van der Waals surface area contributed by atoms with E-state index in [1.54, 1.807) is 24.3 Å². The lowest BCUT2D eigenvalue weighted by molar-refractivity contribution is 0.231. The number of hydrogen-bond donors (Lipinski definition) is 1. The van der Waals surface area contributed by atoms with Gasteiger partial charge in [-0.15, -0.1) is 0 Å². The minimum atomic E-state index is -0.409. The van der Waals surface area contributed by atoms with Crippen molar-refractivity contribution in [3.8, 4) is 0 Å². The first-order valence-corrected chi connectivity index (χ1v) is 6.27. The monoisotopic (exact) mass is 267 g/mol. The molecule has 0 spiro atoms. The Balaban J connectivity index is 1.95. The van der Waals surface area contributed by atoms with Crippen molar-refractivity contribution in [1.29, 1.82) is 0 Å². The topological polar surface area (TPSA) is 52.7 Å². The fourth-order valence-corrected chi connectivity index (χ4v) is 2.12.